The standard InChI is InChI=1S/C17H24N2O3/c1-19-7-3-4-14(10-19)18-17(20)13-8-12-5-6-15(21-2)9-16(12)22-11-13/h5-6,9,13-14H,3-4,7-8,10-11H2,1-2H3,(H,18,20)/t13-,14-/m1/s1. The Kier molecular flexibility index (Phi) is 4.52. The topological polar surface area (TPSA) is 50.8 Å². The van der Waals surface area contributed by atoms with E-state index in [1.807, 2.05) is 18.2 Å². The molecule has 1 amide bonds. The Bertz CT molecular complexity index is 547. The lowest BCUT2D eigenvalue weighted by Gasteiger charge is -2.32. The van der Waals surface area contributed by atoms with Crippen molar-refractivity contribution in [1.29, 1.82) is 0 Å². The number of ether oxygens (including phenoxy) is 2. The molecule has 5 nitrogen and oxygen atoms in total. The van der Waals surface area contributed by atoms with Crippen LogP contribution >= 0.6 is 0 Å². The van der Waals surface area contributed by atoms with Crippen molar-refractivity contribution in [2.24, 2.45) is 5.92 Å². The van der Waals surface area contributed by atoms with Gasteiger partial charge in [0, 0.05) is 18.7 Å². The zero-order chi connectivity index (χ0) is 15.5. The highest BCUT2D eigenvalue weighted by Crippen LogP contribution is 2.31. The number of nitrogens with zero attached hydrogens (tertiary/aromatic N) is 1. The molecule has 5 heteroatoms. The van der Waals surface area contributed by atoms with Crippen LogP contribution in [0.4, 0.5) is 0 Å². The highest BCUT2D eigenvalue weighted by Gasteiger charge is 2.28. The Morgan fingerprint density at radius 2 is 2.32 bits per heavy atom. The van der Waals surface area contributed by atoms with Gasteiger partial charge < -0.3 is 19.7 Å². The molecule has 3 rings (SSSR count). The molecule has 1 fully saturated rings. The first-order valence-corrected chi connectivity index (χ1v) is 7.94. The molecule has 1 saturated heterocycles. The summed E-state index contributed by atoms with van der Waals surface area (Å²) in [4.78, 5) is 14.7. The average Bonchev–Trinajstić information content (AvgIpc) is 2.53. The molecule has 0 aromatic heterocycles. The SMILES string of the molecule is COc1ccc2c(c1)OC[C@H](C(=O)N[C@@H]1CCCN(C)C1)C2. The number of carbonyl (C=O) groups excluding carboxylic acids is 1. The maximum atomic E-state index is 12.5. The maximum absolute atomic E-state index is 12.5. The number of amides is 1. The van der Waals surface area contributed by atoms with Crippen molar-refractivity contribution in [1.82, 2.24) is 10.2 Å². The number of likely N-dealkylation sites (tertiary alicyclic amines) is 1. The second kappa shape index (κ2) is 6.57. The summed E-state index contributed by atoms with van der Waals surface area (Å²) in [7, 11) is 3.74. The second-order valence-electron chi connectivity index (χ2n) is 6.30. The lowest BCUT2D eigenvalue weighted by molar-refractivity contribution is -0.127. The summed E-state index contributed by atoms with van der Waals surface area (Å²) >= 11 is 0. The lowest BCUT2D eigenvalue weighted by atomic mass is 9.95. The van der Waals surface area contributed by atoms with Gasteiger partial charge in [-0.25, -0.2) is 0 Å². The van der Waals surface area contributed by atoms with E-state index in [2.05, 4.69) is 17.3 Å². The Labute approximate surface area is 131 Å². The normalized spacial score (nSPS) is 25.0. The molecule has 2 aliphatic rings. The number of rotatable bonds is 3. The first-order chi connectivity index (χ1) is 10.7. The fourth-order valence-electron chi connectivity index (χ4n) is 3.25. The molecule has 0 spiro atoms. The van der Waals surface area contributed by atoms with Gasteiger partial charge in [0.15, 0.2) is 0 Å². The van der Waals surface area contributed by atoms with Gasteiger partial charge in [0.05, 0.1) is 13.0 Å². The Balaban J connectivity index is 1.60. The zero-order valence-electron chi connectivity index (χ0n) is 13.3. The van der Waals surface area contributed by atoms with Gasteiger partial charge in [-0.2, -0.15) is 0 Å². The number of methoxy groups -OCH3 is 1. The van der Waals surface area contributed by atoms with Crippen LogP contribution in [0, 0.1) is 5.92 Å². The molecule has 0 aliphatic carbocycles. The van der Waals surface area contributed by atoms with Gasteiger partial charge in [0.1, 0.15) is 18.1 Å². The summed E-state index contributed by atoms with van der Waals surface area (Å²) in [5, 5.41) is 3.19. The summed E-state index contributed by atoms with van der Waals surface area (Å²) in [5.74, 6) is 1.63. The molecule has 0 saturated carbocycles. The fraction of sp³-hybridized carbons (Fsp3) is 0.588. The van der Waals surface area contributed by atoms with Gasteiger partial charge in [-0.1, -0.05) is 6.07 Å². The van der Waals surface area contributed by atoms with Crippen LogP contribution in [0.3, 0.4) is 0 Å². The van der Waals surface area contributed by atoms with E-state index in [1.165, 1.54) is 0 Å². The molecule has 0 radical (unpaired) electrons. The predicted molar refractivity (Wildman–Crippen MR) is 84.3 cm³/mol. The fourth-order valence-corrected chi connectivity index (χ4v) is 3.25. The van der Waals surface area contributed by atoms with Crippen LogP contribution in [0.5, 0.6) is 11.5 Å². The van der Waals surface area contributed by atoms with E-state index in [9.17, 15) is 4.79 Å². The maximum Gasteiger partial charge on any atom is 0.227 e. The zero-order valence-corrected chi connectivity index (χ0v) is 13.3. The van der Waals surface area contributed by atoms with Crippen molar-refractivity contribution in [3.8, 4) is 11.5 Å². The number of hydrogen-bond donors (Lipinski definition) is 1. The first kappa shape index (κ1) is 15.2. The summed E-state index contributed by atoms with van der Waals surface area (Å²) in [6, 6.07) is 6.06. The van der Waals surface area contributed by atoms with Crippen LogP contribution in [0.1, 0.15) is 18.4 Å². The van der Waals surface area contributed by atoms with Crippen molar-refractivity contribution in [3.63, 3.8) is 0 Å². The number of carbonyl (C=O) groups is 1. The smallest absolute Gasteiger partial charge is 0.227 e. The average molecular weight is 304 g/mol. The number of fused-ring (bicyclic) bond motifs is 1. The monoisotopic (exact) mass is 304 g/mol. The largest absolute Gasteiger partial charge is 0.497 e. The molecule has 1 N–H and O–H groups in total. The highest BCUT2D eigenvalue weighted by molar-refractivity contribution is 5.80. The van der Waals surface area contributed by atoms with Crippen molar-refractivity contribution < 1.29 is 14.3 Å². The van der Waals surface area contributed by atoms with Crippen LogP contribution in [0.2, 0.25) is 0 Å². The Hall–Kier alpha value is -1.75. The van der Waals surface area contributed by atoms with Crippen LogP contribution in [0.25, 0.3) is 0 Å². The van der Waals surface area contributed by atoms with Crippen LogP contribution < -0.4 is 14.8 Å². The van der Waals surface area contributed by atoms with E-state index in [0.717, 1.165) is 49.4 Å². The van der Waals surface area contributed by atoms with Gasteiger partial charge >= 0.3 is 0 Å². The Morgan fingerprint density at radius 3 is 3.09 bits per heavy atom. The Morgan fingerprint density at radius 1 is 1.45 bits per heavy atom. The third-order valence-electron chi connectivity index (χ3n) is 4.52. The number of piperidine rings is 1. The van der Waals surface area contributed by atoms with Crippen molar-refractivity contribution >= 4 is 5.91 Å². The van der Waals surface area contributed by atoms with Gasteiger partial charge in [-0.3, -0.25) is 4.79 Å². The summed E-state index contributed by atoms with van der Waals surface area (Å²) in [6.45, 7) is 2.50. The molecule has 2 aliphatic heterocycles. The summed E-state index contributed by atoms with van der Waals surface area (Å²) < 4.78 is 11.0. The molecule has 1 aromatic carbocycles. The molecule has 2 heterocycles. The number of benzene rings is 1. The summed E-state index contributed by atoms with van der Waals surface area (Å²) in [6.07, 6.45) is 2.94. The minimum Gasteiger partial charge on any atom is -0.497 e. The van der Waals surface area contributed by atoms with E-state index < -0.39 is 0 Å². The number of hydrogen-bond acceptors (Lipinski definition) is 4. The molecule has 1 aromatic rings. The van der Waals surface area contributed by atoms with Gasteiger partial charge in [-0.05, 0) is 44.5 Å². The third-order valence-corrected chi connectivity index (χ3v) is 4.52. The van der Waals surface area contributed by atoms with Gasteiger partial charge in [-0.15, -0.1) is 0 Å². The molecular formula is C17H24N2O3. The van der Waals surface area contributed by atoms with Crippen LogP contribution in [-0.4, -0.2) is 50.7 Å². The molecule has 120 valence electrons. The minimum absolute atomic E-state index is 0.104. The molecule has 22 heavy (non-hydrogen) atoms. The van der Waals surface area contributed by atoms with E-state index in [4.69, 9.17) is 9.47 Å². The summed E-state index contributed by atoms with van der Waals surface area (Å²) in [5.41, 5.74) is 1.08. The third kappa shape index (κ3) is 3.35. The van der Waals surface area contributed by atoms with Crippen molar-refractivity contribution in [2.75, 3.05) is 33.9 Å². The van der Waals surface area contributed by atoms with Gasteiger partial charge in [0.25, 0.3) is 0 Å². The molecule has 0 bridgehead atoms. The number of likely N-dealkylation sites (N-methyl/N-ethyl adjacent to an activating group) is 1. The van der Waals surface area contributed by atoms with Crippen molar-refractivity contribution in [2.45, 2.75) is 25.3 Å². The quantitative estimate of drug-likeness (QED) is 0.918. The first-order valence-electron chi connectivity index (χ1n) is 7.94. The molecule has 2 atom stereocenters. The van der Waals surface area contributed by atoms with Crippen molar-refractivity contribution in [3.05, 3.63) is 23.8 Å². The highest BCUT2D eigenvalue weighted by atomic mass is 16.5. The van der Waals surface area contributed by atoms with E-state index in [-0.39, 0.29) is 17.9 Å². The minimum atomic E-state index is -0.104. The van der Waals surface area contributed by atoms with E-state index >= 15 is 0 Å². The van der Waals surface area contributed by atoms with Gasteiger partial charge in [0.2, 0.25) is 5.91 Å². The number of nitrogens with one attached hydrogen (secondary N) is 1. The van der Waals surface area contributed by atoms with E-state index in [0.29, 0.717) is 6.61 Å². The van der Waals surface area contributed by atoms with E-state index in [1.54, 1.807) is 7.11 Å². The predicted octanol–water partition coefficient (Wildman–Crippen LogP) is 1.46. The molecule has 0 unspecified atom stereocenters. The second-order valence-corrected chi connectivity index (χ2v) is 6.30. The van der Waals surface area contributed by atoms with Crippen LogP contribution in [-0.2, 0) is 11.2 Å². The lowest BCUT2D eigenvalue weighted by Crippen LogP contribution is -2.49. The van der Waals surface area contributed by atoms with Crippen LogP contribution in [0.15, 0.2) is 18.2 Å². The molecular weight excluding hydrogens is 280 g/mol.